The number of aromatic nitrogens is 1. The Morgan fingerprint density at radius 2 is 1.91 bits per heavy atom. The second-order valence-electron chi connectivity index (χ2n) is 4.35. The number of hydrogen-bond acceptors (Lipinski definition) is 7. The zero-order chi connectivity index (χ0) is 17.2. The normalized spacial score (nSPS) is 12.2. The van der Waals surface area contributed by atoms with Crippen molar-refractivity contribution in [1.82, 2.24) is 10.4 Å². The Bertz CT molecular complexity index is 586. The van der Waals surface area contributed by atoms with Crippen LogP contribution in [0.15, 0.2) is 29.5 Å². The summed E-state index contributed by atoms with van der Waals surface area (Å²) in [5, 5.41) is 3.72. The van der Waals surface area contributed by atoms with E-state index in [1.54, 1.807) is 26.0 Å². The minimum absolute atomic E-state index is 0.113. The summed E-state index contributed by atoms with van der Waals surface area (Å²) in [4.78, 5) is 39.4. The van der Waals surface area contributed by atoms with Crippen molar-refractivity contribution in [1.29, 1.82) is 0 Å². The molecular formula is C15H19N3O5. The molecule has 23 heavy (non-hydrogen) atoms. The van der Waals surface area contributed by atoms with Gasteiger partial charge in [0.25, 0.3) is 5.91 Å². The Balaban J connectivity index is 2.92. The van der Waals surface area contributed by atoms with Gasteiger partial charge in [-0.15, -0.1) is 0 Å². The summed E-state index contributed by atoms with van der Waals surface area (Å²) in [6.07, 6.45) is 1.45. The summed E-state index contributed by atoms with van der Waals surface area (Å²) in [7, 11) is 0. The van der Waals surface area contributed by atoms with Gasteiger partial charge in [0.1, 0.15) is 11.6 Å². The number of nitrogens with zero attached hydrogens (tertiary/aromatic N) is 2. The van der Waals surface area contributed by atoms with Gasteiger partial charge in [-0.2, -0.15) is 5.10 Å². The summed E-state index contributed by atoms with van der Waals surface area (Å²) in [6.45, 7) is 4.99. The molecular weight excluding hydrogens is 302 g/mol. The van der Waals surface area contributed by atoms with E-state index < -0.39 is 23.8 Å². The van der Waals surface area contributed by atoms with E-state index in [4.69, 9.17) is 9.47 Å². The van der Waals surface area contributed by atoms with Crippen molar-refractivity contribution >= 4 is 23.6 Å². The Morgan fingerprint density at radius 1 is 1.22 bits per heavy atom. The molecule has 1 amide bonds. The van der Waals surface area contributed by atoms with E-state index in [0.29, 0.717) is 0 Å². The lowest BCUT2D eigenvalue weighted by Gasteiger charge is -2.12. The van der Waals surface area contributed by atoms with Crippen molar-refractivity contribution in [2.75, 3.05) is 13.2 Å². The molecule has 0 saturated heterocycles. The maximum absolute atomic E-state index is 11.9. The van der Waals surface area contributed by atoms with Crippen molar-refractivity contribution < 1.29 is 23.9 Å². The number of carbonyl (C=O) groups is 3. The molecule has 1 atom stereocenters. The Morgan fingerprint density at radius 3 is 2.48 bits per heavy atom. The van der Waals surface area contributed by atoms with Crippen LogP contribution in [0.25, 0.3) is 0 Å². The molecule has 1 aromatic heterocycles. The molecule has 0 bridgehead atoms. The summed E-state index contributed by atoms with van der Waals surface area (Å²) in [5.41, 5.74) is 2.08. The van der Waals surface area contributed by atoms with Gasteiger partial charge in [-0.1, -0.05) is 6.07 Å². The van der Waals surface area contributed by atoms with E-state index in [-0.39, 0.29) is 24.6 Å². The molecule has 0 saturated carbocycles. The molecule has 124 valence electrons. The van der Waals surface area contributed by atoms with E-state index in [1.807, 2.05) is 0 Å². The molecule has 1 heterocycles. The van der Waals surface area contributed by atoms with E-state index in [0.717, 1.165) is 0 Å². The molecule has 0 spiro atoms. The Hall–Kier alpha value is -2.77. The second-order valence-corrected chi connectivity index (χ2v) is 4.35. The lowest BCUT2D eigenvalue weighted by molar-refractivity contribution is -0.146. The Labute approximate surface area is 133 Å². The summed E-state index contributed by atoms with van der Waals surface area (Å²) in [6, 6.07) is 4.79. The van der Waals surface area contributed by atoms with Gasteiger partial charge in [0.2, 0.25) is 0 Å². The fraction of sp³-hybridized carbons (Fsp3) is 0.400. The molecule has 1 rings (SSSR count). The van der Waals surface area contributed by atoms with Crippen LogP contribution in [0, 0.1) is 5.92 Å². The topological polar surface area (TPSA) is 107 Å². The molecule has 0 aromatic carbocycles. The first kappa shape index (κ1) is 18.3. The molecule has 1 N–H and O–H groups in total. The van der Waals surface area contributed by atoms with Crippen LogP contribution in [-0.2, 0) is 19.1 Å². The average molecular weight is 321 g/mol. The monoisotopic (exact) mass is 321 g/mol. The molecule has 0 aliphatic rings. The number of amides is 1. The van der Waals surface area contributed by atoms with E-state index in [2.05, 4.69) is 15.5 Å². The quantitative estimate of drug-likeness (QED) is 0.455. The van der Waals surface area contributed by atoms with Crippen molar-refractivity contribution in [2.45, 2.75) is 20.8 Å². The number of nitrogens with one attached hydrogen (secondary N) is 1. The maximum atomic E-state index is 11.9. The zero-order valence-corrected chi connectivity index (χ0v) is 13.2. The first-order valence-corrected chi connectivity index (χ1v) is 7.13. The van der Waals surface area contributed by atoms with Crippen molar-refractivity contribution in [3.63, 3.8) is 0 Å². The van der Waals surface area contributed by atoms with E-state index in [1.165, 1.54) is 19.2 Å². The van der Waals surface area contributed by atoms with Crippen molar-refractivity contribution in [3.05, 3.63) is 30.1 Å². The summed E-state index contributed by atoms with van der Waals surface area (Å²) in [5.74, 6) is -3.01. The number of rotatable bonds is 7. The maximum Gasteiger partial charge on any atom is 0.355 e. The van der Waals surface area contributed by atoms with Gasteiger partial charge in [0.15, 0.2) is 5.71 Å². The smallest absolute Gasteiger partial charge is 0.355 e. The van der Waals surface area contributed by atoms with E-state index >= 15 is 0 Å². The van der Waals surface area contributed by atoms with Crippen molar-refractivity contribution in [2.24, 2.45) is 11.0 Å². The highest BCUT2D eigenvalue weighted by Gasteiger charge is 2.28. The van der Waals surface area contributed by atoms with Crippen LogP contribution in [-0.4, -0.2) is 41.8 Å². The predicted molar refractivity (Wildman–Crippen MR) is 81.6 cm³/mol. The SMILES string of the molecule is CCOC(=O)/C(=N\NC(=O)c1ccccn1)[C@@H](C)C(=O)OCC. The van der Waals surface area contributed by atoms with Gasteiger partial charge in [-0.05, 0) is 32.9 Å². The van der Waals surface area contributed by atoms with Gasteiger partial charge in [0, 0.05) is 6.20 Å². The van der Waals surface area contributed by atoms with Crippen LogP contribution >= 0.6 is 0 Å². The molecule has 0 radical (unpaired) electrons. The molecule has 8 nitrogen and oxygen atoms in total. The first-order valence-electron chi connectivity index (χ1n) is 7.13. The van der Waals surface area contributed by atoms with E-state index in [9.17, 15) is 14.4 Å². The fourth-order valence-electron chi connectivity index (χ4n) is 1.57. The number of hydrazone groups is 1. The predicted octanol–water partition coefficient (Wildman–Crippen LogP) is 0.930. The lowest BCUT2D eigenvalue weighted by Crippen LogP contribution is -2.34. The van der Waals surface area contributed by atoms with Crippen LogP contribution in [0.1, 0.15) is 31.3 Å². The van der Waals surface area contributed by atoms with Gasteiger partial charge >= 0.3 is 11.9 Å². The van der Waals surface area contributed by atoms with Gasteiger partial charge in [-0.25, -0.2) is 10.2 Å². The zero-order valence-electron chi connectivity index (χ0n) is 13.2. The van der Waals surface area contributed by atoms with Crippen LogP contribution in [0.5, 0.6) is 0 Å². The van der Waals surface area contributed by atoms with Gasteiger partial charge in [0.05, 0.1) is 13.2 Å². The van der Waals surface area contributed by atoms with Crippen LogP contribution in [0.2, 0.25) is 0 Å². The lowest BCUT2D eigenvalue weighted by atomic mass is 10.1. The highest BCUT2D eigenvalue weighted by atomic mass is 16.5. The number of carbonyl (C=O) groups excluding carboxylic acids is 3. The molecule has 1 aromatic rings. The van der Waals surface area contributed by atoms with Crippen molar-refractivity contribution in [3.8, 4) is 0 Å². The standard InChI is InChI=1S/C15H19N3O5/c1-4-22-14(20)10(3)12(15(21)23-5-2)17-18-13(19)11-8-6-7-9-16-11/h6-10H,4-5H2,1-3H3,(H,18,19)/b17-12-/t10-/m1/s1. The average Bonchev–Trinajstić information content (AvgIpc) is 2.56. The third-order valence-corrected chi connectivity index (χ3v) is 2.71. The minimum atomic E-state index is -0.974. The van der Waals surface area contributed by atoms with Gasteiger partial charge < -0.3 is 9.47 Å². The number of esters is 2. The number of ether oxygens (including phenoxy) is 2. The highest BCUT2D eigenvalue weighted by Crippen LogP contribution is 2.05. The summed E-state index contributed by atoms with van der Waals surface area (Å²) >= 11 is 0. The summed E-state index contributed by atoms with van der Waals surface area (Å²) < 4.78 is 9.70. The molecule has 0 unspecified atom stereocenters. The van der Waals surface area contributed by atoms with Gasteiger partial charge in [-0.3, -0.25) is 14.6 Å². The van der Waals surface area contributed by atoms with Crippen LogP contribution in [0.4, 0.5) is 0 Å². The molecule has 8 heteroatoms. The minimum Gasteiger partial charge on any atom is -0.465 e. The molecule has 0 fully saturated rings. The third kappa shape index (κ3) is 5.50. The number of hydrogen-bond donors (Lipinski definition) is 1. The Kier molecular flexibility index (Phi) is 7.38. The third-order valence-electron chi connectivity index (χ3n) is 2.71. The highest BCUT2D eigenvalue weighted by molar-refractivity contribution is 6.40. The second kappa shape index (κ2) is 9.29. The fourth-order valence-corrected chi connectivity index (χ4v) is 1.57. The van der Waals surface area contributed by atoms with Crippen LogP contribution < -0.4 is 5.43 Å². The number of pyridine rings is 1. The van der Waals surface area contributed by atoms with Crippen LogP contribution in [0.3, 0.4) is 0 Å². The molecule has 0 aliphatic heterocycles. The molecule has 0 aliphatic carbocycles. The first-order chi connectivity index (χ1) is 11.0. The largest absolute Gasteiger partial charge is 0.465 e.